The van der Waals surface area contributed by atoms with Crippen molar-refractivity contribution in [2.45, 2.75) is 45.3 Å². The second kappa shape index (κ2) is 6.76. The van der Waals surface area contributed by atoms with Gasteiger partial charge in [-0.05, 0) is 33.1 Å². The van der Waals surface area contributed by atoms with Crippen LogP contribution in [0.4, 0.5) is 5.69 Å². The van der Waals surface area contributed by atoms with Crippen molar-refractivity contribution in [2.24, 2.45) is 7.05 Å². The zero-order valence-electron chi connectivity index (χ0n) is 14.6. The van der Waals surface area contributed by atoms with Crippen LogP contribution in [0.3, 0.4) is 0 Å². The van der Waals surface area contributed by atoms with Gasteiger partial charge in [0.15, 0.2) is 5.65 Å². The molecular weight excluding hydrogens is 308 g/mol. The molecule has 0 radical (unpaired) electrons. The van der Waals surface area contributed by atoms with Crippen LogP contribution in [0, 0.1) is 6.92 Å². The van der Waals surface area contributed by atoms with E-state index in [-0.39, 0.29) is 18.1 Å². The zero-order valence-corrected chi connectivity index (χ0v) is 14.6. The summed E-state index contributed by atoms with van der Waals surface area (Å²) in [6.07, 6.45) is 4.78. The number of pyridine rings is 1. The second-order valence-corrected chi connectivity index (χ2v) is 6.19. The van der Waals surface area contributed by atoms with Gasteiger partial charge in [-0.3, -0.25) is 4.68 Å². The Balaban J connectivity index is 2.04. The maximum atomic E-state index is 12.4. The number of fused-ring (bicyclic) bond motifs is 1. The highest BCUT2D eigenvalue weighted by atomic mass is 16.5. The number of hydrogen-bond acceptors (Lipinski definition) is 6. The van der Waals surface area contributed by atoms with Crippen molar-refractivity contribution in [2.75, 3.05) is 19.0 Å². The minimum atomic E-state index is -0.362. The van der Waals surface area contributed by atoms with E-state index in [1.54, 1.807) is 24.9 Å². The van der Waals surface area contributed by atoms with Crippen molar-refractivity contribution >= 4 is 22.7 Å². The Kier molecular flexibility index (Phi) is 4.71. The first kappa shape index (κ1) is 16.7. The molecule has 2 atom stereocenters. The lowest BCUT2D eigenvalue weighted by Gasteiger charge is -2.18. The Morgan fingerprint density at radius 2 is 2.25 bits per heavy atom. The average molecular weight is 332 g/mol. The lowest BCUT2D eigenvalue weighted by molar-refractivity contribution is 0.0527. The molecule has 1 aliphatic rings. The summed E-state index contributed by atoms with van der Waals surface area (Å²) in [5, 5.41) is 8.86. The van der Waals surface area contributed by atoms with Gasteiger partial charge < -0.3 is 14.8 Å². The van der Waals surface area contributed by atoms with Crippen LogP contribution in [0.25, 0.3) is 11.0 Å². The molecule has 7 nitrogen and oxygen atoms in total. The van der Waals surface area contributed by atoms with E-state index in [4.69, 9.17) is 9.47 Å². The normalized spacial score (nSPS) is 20.5. The molecule has 0 spiro atoms. The van der Waals surface area contributed by atoms with E-state index >= 15 is 0 Å². The van der Waals surface area contributed by atoms with Crippen LogP contribution < -0.4 is 5.32 Å². The standard InChI is InChI=1S/C17H24N4O3/c1-5-24-17(22)13-9-18-16-14(10(2)20-21(16)3)15(13)19-11-6-7-12(8-11)23-4/h9,11-12H,5-8H2,1-4H3,(H,18,19). The van der Waals surface area contributed by atoms with E-state index < -0.39 is 0 Å². The highest BCUT2D eigenvalue weighted by Crippen LogP contribution is 2.32. The molecule has 3 rings (SSSR count). The molecule has 2 aromatic heterocycles. The van der Waals surface area contributed by atoms with Gasteiger partial charge in [-0.15, -0.1) is 0 Å². The number of carbonyl (C=O) groups excluding carboxylic acids is 1. The van der Waals surface area contributed by atoms with Gasteiger partial charge in [-0.2, -0.15) is 5.10 Å². The Morgan fingerprint density at radius 1 is 1.46 bits per heavy atom. The first-order valence-electron chi connectivity index (χ1n) is 8.33. The third-order valence-electron chi connectivity index (χ3n) is 4.59. The SMILES string of the molecule is CCOC(=O)c1cnc2c(c(C)nn2C)c1NC1CCC(OC)C1. The van der Waals surface area contributed by atoms with Gasteiger partial charge in [-0.1, -0.05) is 0 Å². The van der Waals surface area contributed by atoms with Crippen LogP contribution in [0.1, 0.15) is 42.2 Å². The number of hydrogen-bond donors (Lipinski definition) is 1. The van der Waals surface area contributed by atoms with Crippen LogP contribution >= 0.6 is 0 Å². The third kappa shape index (κ3) is 2.96. The number of aryl methyl sites for hydroxylation is 2. The van der Waals surface area contributed by atoms with Gasteiger partial charge in [-0.25, -0.2) is 9.78 Å². The summed E-state index contributed by atoms with van der Waals surface area (Å²) in [7, 11) is 3.60. The number of anilines is 1. The minimum Gasteiger partial charge on any atom is -0.462 e. The van der Waals surface area contributed by atoms with Crippen molar-refractivity contribution < 1.29 is 14.3 Å². The summed E-state index contributed by atoms with van der Waals surface area (Å²) in [5.41, 5.74) is 2.83. The smallest absolute Gasteiger partial charge is 0.341 e. The molecule has 1 fully saturated rings. The number of ether oxygens (including phenoxy) is 2. The molecule has 0 aliphatic heterocycles. The van der Waals surface area contributed by atoms with Gasteiger partial charge >= 0.3 is 5.97 Å². The van der Waals surface area contributed by atoms with Crippen LogP contribution in [0.2, 0.25) is 0 Å². The van der Waals surface area contributed by atoms with E-state index in [0.29, 0.717) is 12.2 Å². The molecule has 0 saturated heterocycles. The molecule has 0 amide bonds. The molecule has 1 N–H and O–H groups in total. The van der Waals surface area contributed by atoms with Crippen LogP contribution in [-0.2, 0) is 16.5 Å². The highest BCUT2D eigenvalue weighted by molar-refractivity contribution is 6.05. The summed E-state index contributed by atoms with van der Waals surface area (Å²) in [6, 6.07) is 0.258. The van der Waals surface area contributed by atoms with Crippen LogP contribution in [0.15, 0.2) is 6.20 Å². The fourth-order valence-electron chi connectivity index (χ4n) is 3.41. The summed E-state index contributed by atoms with van der Waals surface area (Å²) in [5.74, 6) is -0.362. The Hall–Kier alpha value is -2.15. The van der Waals surface area contributed by atoms with Crippen molar-refractivity contribution in [1.29, 1.82) is 0 Å². The zero-order chi connectivity index (χ0) is 17.3. The summed E-state index contributed by atoms with van der Waals surface area (Å²) in [4.78, 5) is 16.8. The van der Waals surface area contributed by atoms with Crippen LogP contribution in [0.5, 0.6) is 0 Å². The fourth-order valence-corrected chi connectivity index (χ4v) is 3.41. The Bertz CT molecular complexity index is 756. The Labute approximate surface area is 141 Å². The number of nitrogens with one attached hydrogen (secondary N) is 1. The number of aromatic nitrogens is 3. The second-order valence-electron chi connectivity index (χ2n) is 6.19. The maximum absolute atomic E-state index is 12.4. The average Bonchev–Trinajstić information content (AvgIpc) is 3.12. The summed E-state index contributed by atoms with van der Waals surface area (Å²) < 4.78 is 12.4. The predicted octanol–water partition coefficient (Wildman–Crippen LogP) is 2.43. The van der Waals surface area contributed by atoms with E-state index in [0.717, 1.165) is 41.7 Å². The van der Waals surface area contributed by atoms with Crippen molar-refractivity contribution in [3.63, 3.8) is 0 Å². The lowest BCUT2D eigenvalue weighted by Crippen LogP contribution is -2.20. The molecule has 24 heavy (non-hydrogen) atoms. The molecule has 1 saturated carbocycles. The first-order chi connectivity index (χ1) is 11.5. The number of methoxy groups -OCH3 is 1. The van der Waals surface area contributed by atoms with Crippen molar-refractivity contribution in [3.8, 4) is 0 Å². The van der Waals surface area contributed by atoms with E-state index in [1.807, 2.05) is 14.0 Å². The van der Waals surface area contributed by atoms with E-state index in [9.17, 15) is 4.79 Å². The topological polar surface area (TPSA) is 78.3 Å². The van der Waals surface area contributed by atoms with E-state index in [1.165, 1.54) is 0 Å². The molecule has 0 bridgehead atoms. The lowest BCUT2D eigenvalue weighted by atomic mass is 10.1. The summed E-state index contributed by atoms with van der Waals surface area (Å²) >= 11 is 0. The minimum absolute atomic E-state index is 0.258. The van der Waals surface area contributed by atoms with Crippen molar-refractivity contribution in [1.82, 2.24) is 14.8 Å². The Morgan fingerprint density at radius 3 is 2.92 bits per heavy atom. The fraction of sp³-hybridized carbons (Fsp3) is 0.588. The van der Waals surface area contributed by atoms with Gasteiger partial charge in [0.25, 0.3) is 0 Å². The molecule has 0 aromatic carbocycles. The summed E-state index contributed by atoms with van der Waals surface area (Å²) in [6.45, 7) is 4.06. The predicted molar refractivity (Wildman–Crippen MR) is 91.3 cm³/mol. The highest BCUT2D eigenvalue weighted by Gasteiger charge is 2.28. The van der Waals surface area contributed by atoms with Gasteiger partial charge in [0.1, 0.15) is 5.56 Å². The van der Waals surface area contributed by atoms with E-state index in [2.05, 4.69) is 15.4 Å². The number of esters is 1. The number of nitrogens with zero attached hydrogens (tertiary/aromatic N) is 3. The number of rotatable bonds is 5. The largest absolute Gasteiger partial charge is 0.462 e. The molecule has 2 heterocycles. The molecule has 130 valence electrons. The van der Waals surface area contributed by atoms with Gasteiger partial charge in [0.2, 0.25) is 0 Å². The third-order valence-corrected chi connectivity index (χ3v) is 4.59. The molecule has 1 aliphatic carbocycles. The van der Waals surface area contributed by atoms with Gasteiger partial charge in [0, 0.05) is 26.4 Å². The van der Waals surface area contributed by atoms with Crippen LogP contribution in [-0.4, -0.2) is 46.6 Å². The molecular formula is C17H24N4O3. The van der Waals surface area contributed by atoms with Crippen molar-refractivity contribution in [3.05, 3.63) is 17.5 Å². The quantitative estimate of drug-likeness (QED) is 0.847. The number of carbonyl (C=O) groups is 1. The monoisotopic (exact) mass is 332 g/mol. The molecule has 2 aromatic rings. The molecule has 7 heteroatoms. The molecule has 2 unspecified atom stereocenters. The van der Waals surface area contributed by atoms with Gasteiger partial charge in [0.05, 0.1) is 29.5 Å². The first-order valence-corrected chi connectivity index (χ1v) is 8.33. The maximum Gasteiger partial charge on any atom is 0.341 e.